The maximum Gasteiger partial charge on any atom is 0.305 e. The van der Waals surface area contributed by atoms with Gasteiger partial charge < -0.3 is 24.8 Å². The van der Waals surface area contributed by atoms with Crippen LogP contribution in [0.5, 0.6) is 0 Å². The lowest BCUT2D eigenvalue weighted by molar-refractivity contribution is -0.161. The highest BCUT2D eigenvalue weighted by Crippen LogP contribution is 2.25. The summed E-state index contributed by atoms with van der Waals surface area (Å²) in [6.45, 7) is 0.0656. The number of carbonyl (C=O) groups is 1. The van der Waals surface area contributed by atoms with Gasteiger partial charge in [0.2, 0.25) is 0 Å². The Kier molecular flexibility index (Phi) is 10.1. The second kappa shape index (κ2) is 11.2. The van der Waals surface area contributed by atoms with Crippen molar-refractivity contribution in [2.75, 3.05) is 19.5 Å². The fraction of sp³-hybridized carbons (Fsp3) is 0.933. The Morgan fingerprint density at radius 2 is 1.73 bits per heavy atom. The van der Waals surface area contributed by atoms with Crippen LogP contribution in [0.1, 0.15) is 44.9 Å². The molecule has 130 valence electrons. The normalized spacial score (nSPS) is 28.5. The largest absolute Gasteiger partial charge is 0.469 e. The van der Waals surface area contributed by atoms with Gasteiger partial charge in [0.25, 0.3) is 0 Å². The summed E-state index contributed by atoms with van der Waals surface area (Å²) in [5.41, 5.74) is -0.460. The Balaban J connectivity index is 1.94. The van der Waals surface area contributed by atoms with Gasteiger partial charge in [0.15, 0.2) is 0 Å². The minimum atomic E-state index is -1.12. The number of methoxy groups -OCH3 is 1. The Hall–Kier alpha value is -0.340. The molecule has 0 radical (unpaired) electrons. The minimum absolute atomic E-state index is 0.0656. The van der Waals surface area contributed by atoms with Crippen molar-refractivity contribution in [1.29, 1.82) is 0 Å². The van der Waals surface area contributed by atoms with Gasteiger partial charge >= 0.3 is 5.97 Å². The third-order valence-corrected chi connectivity index (χ3v) is 5.01. The summed E-state index contributed by atoms with van der Waals surface area (Å²) >= 11 is 1.48. The van der Waals surface area contributed by atoms with Crippen LogP contribution in [0.3, 0.4) is 0 Å². The van der Waals surface area contributed by atoms with E-state index in [2.05, 4.69) is 4.74 Å². The van der Waals surface area contributed by atoms with Crippen LogP contribution in [-0.2, 0) is 14.3 Å². The average molecular weight is 336 g/mol. The van der Waals surface area contributed by atoms with Gasteiger partial charge in [-0.05, 0) is 18.6 Å². The molecule has 7 heteroatoms. The second-order valence-corrected chi connectivity index (χ2v) is 6.77. The van der Waals surface area contributed by atoms with Crippen LogP contribution in [0, 0.1) is 0 Å². The number of esters is 1. The van der Waals surface area contributed by atoms with Crippen LogP contribution >= 0.6 is 11.8 Å². The number of rotatable bonds is 10. The van der Waals surface area contributed by atoms with E-state index in [9.17, 15) is 20.1 Å². The van der Waals surface area contributed by atoms with E-state index in [1.165, 1.54) is 18.9 Å². The molecule has 22 heavy (non-hydrogen) atoms. The first-order valence-corrected chi connectivity index (χ1v) is 8.95. The minimum Gasteiger partial charge on any atom is -0.469 e. The van der Waals surface area contributed by atoms with E-state index in [4.69, 9.17) is 4.74 Å². The fourth-order valence-corrected chi connectivity index (χ4v) is 3.44. The molecule has 1 fully saturated rings. The van der Waals surface area contributed by atoms with E-state index in [0.717, 1.165) is 44.3 Å². The predicted molar refractivity (Wildman–Crippen MR) is 84.6 cm³/mol. The number of aliphatic hydroxyl groups excluding tert-OH is 3. The number of thioether (sulfide) groups is 1. The molecule has 0 saturated carbocycles. The SMILES string of the molecule is COC(=O)CCCCCCCCS[C@@H]1OC[C@@H](O)[C@H](O)[C@H]1O. The fourth-order valence-electron chi connectivity index (χ4n) is 2.31. The van der Waals surface area contributed by atoms with Crippen molar-refractivity contribution in [1.82, 2.24) is 0 Å². The first-order chi connectivity index (χ1) is 10.6. The zero-order valence-electron chi connectivity index (χ0n) is 13.1. The molecule has 3 N–H and O–H groups in total. The Morgan fingerprint density at radius 1 is 1.09 bits per heavy atom. The monoisotopic (exact) mass is 336 g/mol. The standard InChI is InChI=1S/C15H28O6S/c1-20-12(17)8-6-4-2-3-5-7-9-22-15-14(19)13(18)11(16)10-21-15/h11,13-16,18-19H,2-10H2,1H3/t11-,13+,14-,15+/m1/s1. The van der Waals surface area contributed by atoms with Crippen LogP contribution in [0.15, 0.2) is 0 Å². The second-order valence-electron chi connectivity index (χ2n) is 5.57. The summed E-state index contributed by atoms with van der Waals surface area (Å²) in [4.78, 5) is 10.9. The molecule has 4 atom stereocenters. The molecular weight excluding hydrogens is 308 g/mol. The van der Waals surface area contributed by atoms with Crippen molar-refractivity contribution in [2.24, 2.45) is 0 Å². The third kappa shape index (κ3) is 7.28. The van der Waals surface area contributed by atoms with E-state index < -0.39 is 23.7 Å². The molecule has 1 heterocycles. The lowest BCUT2D eigenvalue weighted by atomic mass is 10.1. The highest BCUT2D eigenvalue weighted by atomic mass is 32.2. The lowest BCUT2D eigenvalue weighted by Gasteiger charge is -2.34. The van der Waals surface area contributed by atoms with Crippen LogP contribution < -0.4 is 0 Å². The van der Waals surface area contributed by atoms with Crippen LogP contribution in [0.4, 0.5) is 0 Å². The summed E-state index contributed by atoms with van der Waals surface area (Å²) < 4.78 is 9.91. The maximum atomic E-state index is 10.9. The number of hydrogen-bond acceptors (Lipinski definition) is 7. The van der Waals surface area contributed by atoms with E-state index in [-0.39, 0.29) is 12.6 Å². The third-order valence-electron chi connectivity index (χ3n) is 3.74. The summed E-state index contributed by atoms with van der Waals surface area (Å²) in [6, 6.07) is 0. The Morgan fingerprint density at radius 3 is 2.41 bits per heavy atom. The first-order valence-electron chi connectivity index (χ1n) is 7.90. The molecule has 0 amide bonds. The van der Waals surface area contributed by atoms with Gasteiger partial charge in [-0.1, -0.05) is 25.7 Å². The molecule has 1 rings (SSSR count). The zero-order valence-corrected chi connectivity index (χ0v) is 14.0. The van der Waals surface area contributed by atoms with Crippen molar-refractivity contribution in [2.45, 2.75) is 68.7 Å². The van der Waals surface area contributed by atoms with E-state index >= 15 is 0 Å². The molecule has 0 aliphatic carbocycles. The number of ether oxygens (including phenoxy) is 2. The topological polar surface area (TPSA) is 96.2 Å². The van der Waals surface area contributed by atoms with Gasteiger partial charge in [0, 0.05) is 6.42 Å². The number of aliphatic hydroxyl groups is 3. The predicted octanol–water partition coefficient (Wildman–Crippen LogP) is 1.06. The Bertz CT molecular complexity index is 314. The van der Waals surface area contributed by atoms with E-state index in [1.807, 2.05) is 0 Å². The quantitative estimate of drug-likeness (QED) is 0.405. The summed E-state index contributed by atoms with van der Waals surface area (Å²) in [6.07, 6.45) is 3.60. The highest BCUT2D eigenvalue weighted by molar-refractivity contribution is 7.99. The van der Waals surface area contributed by atoms with Gasteiger partial charge in [-0.15, -0.1) is 11.8 Å². The van der Waals surface area contributed by atoms with Gasteiger partial charge in [-0.25, -0.2) is 0 Å². The summed E-state index contributed by atoms with van der Waals surface area (Å²) in [5, 5.41) is 28.7. The van der Waals surface area contributed by atoms with Crippen molar-refractivity contribution < 1.29 is 29.6 Å². The van der Waals surface area contributed by atoms with E-state index in [1.54, 1.807) is 0 Å². The number of unbranched alkanes of at least 4 members (excludes halogenated alkanes) is 5. The van der Waals surface area contributed by atoms with Gasteiger partial charge in [-0.3, -0.25) is 4.79 Å². The molecule has 0 bridgehead atoms. The van der Waals surface area contributed by atoms with Crippen molar-refractivity contribution in [3.05, 3.63) is 0 Å². The molecule has 1 aliphatic heterocycles. The molecule has 0 aromatic carbocycles. The summed E-state index contributed by atoms with van der Waals surface area (Å²) in [7, 11) is 1.41. The number of hydrogen-bond donors (Lipinski definition) is 3. The molecule has 0 spiro atoms. The van der Waals surface area contributed by atoms with Gasteiger partial charge in [0.1, 0.15) is 23.7 Å². The smallest absolute Gasteiger partial charge is 0.305 e. The van der Waals surface area contributed by atoms with Crippen LogP contribution in [0.2, 0.25) is 0 Å². The lowest BCUT2D eigenvalue weighted by Crippen LogP contribution is -2.51. The maximum absolute atomic E-state index is 10.9. The molecule has 1 aliphatic rings. The summed E-state index contributed by atoms with van der Waals surface area (Å²) in [5.74, 6) is 0.710. The van der Waals surface area contributed by atoms with Crippen LogP contribution in [-0.4, -0.2) is 64.5 Å². The van der Waals surface area contributed by atoms with Crippen molar-refractivity contribution in [3.8, 4) is 0 Å². The van der Waals surface area contributed by atoms with E-state index in [0.29, 0.717) is 6.42 Å². The average Bonchev–Trinajstić information content (AvgIpc) is 2.52. The van der Waals surface area contributed by atoms with Crippen molar-refractivity contribution in [3.63, 3.8) is 0 Å². The van der Waals surface area contributed by atoms with Crippen molar-refractivity contribution >= 4 is 17.7 Å². The molecule has 0 aromatic rings. The molecule has 1 saturated heterocycles. The molecular formula is C15H28O6S. The highest BCUT2D eigenvalue weighted by Gasteiger charge is 2.37. The van der Waals surface area contributed by atoms with Gasteiger partial charge in [-0.2, -0.15) is 0 Å². The first kappa shape index (κ1) is 19.7. The molecule has 6 nitrogen and oxygen atoms in total. The Labute approximate surface area is 136 Å². The van der Waals surface area contributed by atoms with Gasteiger partial charge in [0.05, 0.1) is 13.7 Å². The molecule has 0 unspecified atom stereocenters. The zero-order chi connectivity index (χ0) is 16.4. The molecule has 0 aromatic heterocycles. The van der Waals surface area contributed by atoms with Crippen LogP contribution in [0.25, 0.3) is 0 Å². The number of carbonyl (C=O) groups excluding carboxylic acids is 1.